The van der Waals surface area contributed by atoms with Crippen molar-refractivity contribution in [2.75, 3.05) is 12.0 Å². The monoisotopic (exact) mass is 456 g/mol. The lowest BCUT2D eigenvalue weighted by Gasteiger charge is -2.26. The molecule has 3 aromatic rings. The number of para-hydroxylation sites is 1. The number of aliphatic hydroxyl groups excluding tert-OH is 1. The topological polar surface area (TPSA) is 110 Å². The van der Waals surface area contributed by atoms with Crippen LogP contribution in [-0.4, -0.2) is 28.8 Å². The predicted molar refractivity (Wildman–Crippen MR) is 126 cm³/mol. The Morgan fingerprint density at radius 1 is 1.03 bits per heavy atom. The van der Waals surface area contributed by atoms with E-state index in [9.17, 15) is 24.8 Å². The summed E-state index contributed by atoms with van der Waals surface area (Å²) >= 11 is 0. The SMILES string of the molecule is COc1ccc(N2C(=O)C(O)=C(C(=O)/C=C/c3ccccc3)[C@@H]2c2ccccc2[N+](=O)[O-])cc1. The third-order valence-electron chi connectivity index (χ3n) is 5.48. The molecule has 0 aliphatic carbocycles. The molecule has 1 atom stereocenters. The first-order valence-corrected chi connectivity index (χ1v) is 10.3. The van der Waals surface area contributed by atoms with Gasteiger partial charge in [-0.25, -0.2) is 0 Å². The van der Waals surface area contributed by atoms with Crippen LogP contribution in [0.2, 0.25) is 0 Å². The second kappa shape index (κ2) is 9.41. The smallest absolute Gasteiger partial charge is 0.294 e. The van der Waals surface area contributed by atoms with Crippen LogP contribution in [0.4, 0.5) is 11.4 Å². The molecule has 0 bridgehead atoms. The summed E-state index contributed by atoms with van der Waals surface area (Å²) in [7, 11) is 1.50. The first kappa shape index (κ1) is 22.5. The fourth-order valence-corrected chi connectivity index (χ4v) is 3.87. The van der Waals surface area contributed by atoms with Crippen LogP contribution in [0.25, 0.3) is 6.08 Å². The minimum Gasteiger partial charge on any atom is -0.503 e. The van der Waals surface area contributed by atoms with Crippen LogP contribution < -0.4 is 9.64 Å². The number of nitrogens with zero attached hydrogens (tertiary/aromatic N) is 2. The highest BCUT2D eigenvalue weighted by Crippen LogP contribution is 2.44. The van der Waals surface area contributed by atoms with E-state index in [1.54, 1.807) is 48.5 Å². The molecule has 0 saturated heterocycles. The van der Waals surface area contributed by atoms with Crippen molar-refractivity contribution in [3.63, 3.8) is 0 Å². The van der Waals surface area contributed by atoms with Gasteiger partial charge < -0.3 is 9.84 Å². The number of allylic oxidation sites excluding steroid dienone is 1. The van der Waals surface area contributed by atoms with Crippen LogP contribution in [0.3, 0.4) is 0 Å². The van der Waals surface area contributed by atoms with Crippen LogP contribution in [0.15, 0.2) is 96.3 Å². The Hall–Kier alpha value is -4.72. The van der Waals surface area contributed by atoms with E-state index in [0.29, 0.717) is 11.4 Å². The number of ether oxygens (including phenoxy) is 1. The van der Waals surface area contributed by atoms with Crippen molar-refractivity contribution in [3.8, 4) is 5.75 Å². The fraction of sp³-hybridized carbons (Fsp3) is 0.0769. The highest BCUT2D eigenvalue weighted by molar-refractivity contribution is 6.20. The van der Waals surface area contributed by atoms with Crippen molar-refractivity contribution < 1.29 is 24.4 Å². The van der Waals surface area contributed by atoms with E-state index in [4.69, 9.17) is 4.74 Å². The number of nitro benzene ring substituents is 1. The van der Waals surface area contributed by atoms with Gasteiger partial charge in [0.1, 0.15) is 11.8 Å². The maximum Gasteiger partial charge on any atom is 0.294 e. The van der Waals surface area contributed by atoms with Gasteiger partial charge in [-0.05, 0) is 42.0 Å². The number of nitro groups is 1. The fourth-order valence-electron chi connectivity index (χ4n) is 3.87. The second-order valence-electron chi connectivity index (χ2n) is 7.46. The number of hydrogen-bond acceptors (Lipinski definition) is 6. The average molecular weight is 456 g/mol. The lowest BCUT2D eigenvalue weighted by Crippen LogP contribution is -2.31. The number of ketones is 1. The molecule has 0 fully saturated rings. The Balaban J connectivity index is 1.84. The molecule has 1 amide bonds. The molecule has 4 rings (SSSR count). The number of benzene rings is 3. The zero-order valence-electron chi connectivity index (χ0n) is 18.1. The number of carbonyl (C=O) groups excluding carboxylic acids is 2. The standard InChI is InChI=1S/C26H20N2O6/c1-34-19-14-12-18(13-15-19)27-24(20-9-5-6-10-21(20)28(32)33)23(25(30)26(27)31)22(29)16-11-17-7-3-2-4-8-17/h2-16,24,30H,1H3/b16-11+/t24-/m0/s1. The molecule has 0 saturated carbocycles. The van der Waals surface area contributed by atoms with Gasteiger partial charge >= 0.3 is 0 Å². The summed E-state index contributed by atoms with van der Waals surface area (Å²) in [6, 6.07) is 20.1. The number of carbonyl (C=O) groups is 2. The maximum atomic E-state index is 13.2. The van der Waals surface area contributed by atoms with Gasteiger partial charge in [0.2, 0.25) is 0 Å². The highest BCUT2D eigenvalue weighted by atomic mass is 16.6. The predicted octanol–water partition coefficient (Wildman–Crippen LogP) is 4.79. The molecule has 1 heterocycles. The van der Waals surface area contributed by atoms with E-state index >= 15 is 0 Å². The number of rotatable bonds is 7. The lowest BCUT2D eigenvalue weighted by molar-refractivity contribution is -0.385. The molecule has 0 radical (unpaired) electrons. The zero-order valence-corrected chi connectivity index (χ0v) is 18.1. The second-order valence-corrected chi connectivity index (χ2v) is 7.46. The summed E-state index contributed by atoms with van der Waals surface area (Å²) in [5.74, 6) is -1.67. The zero-order chi connectivity index (χ0) is 24.2. The van der Waals surface area contributed by atoms with Crippen molar-refractivity contribution in [3.05, 3.63) is 118 Å². The maximum absolute atomic E-state index is 13.2. The molecule has 170 valence electrons. The van der Waals surface area contributed by atoms with Crippen LogP contribution in [-0.2, 0) is 9.59 Å². The lowest BCUT2D eigenvalue weighted by atomic mass is 9.94. The molecular formula is C26H20N2O6. The first-order chi connectivity index (χ1) is 16.4. The van der Waals surface area contributed by atoms with Crippen molar-refractivity contribution >= 4 is 29.1 Å². The van der Waals surface area contributed by atoms with Gasteiger partial charge in [0.05, 0.1) is 23.2 Å². The van der Waals surface area contributed by atoms with Gasteiger partial charge in [0.15, 0.2) is 11.5 Å². The average Bonchev–Trinajstić information content (AvgIpc) is 3.13. The van der Waals surface area contributed by atoms with Crippen LogP contribution in [0, 0.1) is 10.1 Å². The Morgan fingerprint density at radius 3 is 2.32 bits per heavy atom. The summed E-state index contributed by atoms with van der Waals surface area (Å²) in [5.41, 5.74) is 0.690. The molecule has 0 unspecified atom stereocenters. The Labute approximate surface area is 195 Å². The first-order valence-electron chi connectivity index (χ1n) is 10.3. The Kier molecular flexibility index (Phi) is 6.22. The summed E-state index contributed by atoms with van der Waals surface area (Å²) in [6.45, 7) is 0. The van der Waals surface area contributed by atoms with E-state index in [-0.39, 0.29) is 16.8 Å². The third kappa shape index (κ3) is 4.16. The van der Waals surface area contributed by atoms with Gasteiger partial charge in [0, 0.05) is 11.8 Å². The van der Waals surface area contributed by atoms with Gasteiger partial charge in [0.25, 0.3) is 11.6 Å². The molecule has 3 aromatic carbocycles. The summed E-state index contributed by atoms with van der Waals surface area (Å²) in [4.78, 5) is 38.8. The van der Waals surface area contributed by atoms with Crippen molar-refractivity contribution in [1.29, 1.82) is 0 Å². The molecule has 8 heteroatoms. The normalized spacial score (nSPS) is 15.7. The van der Waals surface area contributed by atoms with E-state index in [0.717, 1.165) is 5.56 Å². The minimum absolute atomic E-state index is 0.108. The molecular weight excluding hydrogens is 436 g/mol. The van der Waals surface area contributed by atoms with Gasteiger partial charge in [-0.3, -0.25) is 24.6 Å². The van der Waals surface area contributed by atoms with E-state index < -0.39 is 28.4 Å². The van der Waals surface area contributed by atoms with Crippen LogP contribution >= 0.6 is 0 Å². The van der Waals surface area contributed by atoms with E-state index in [1.165, 1.54) is 36.3 Å². The van der Waals surface area contributed by atoms with Gasteiger partial charge in [-0.2, -0.15) is 0 Å². The summed E-state index contributed by atoms with van der Waals surface area (Å²) in [6.07, 6.45) is 2.80. The summed E-state index contributed by atoms with van der Waals surface area (Å²) in [5, 5.41) is 22.5. The molecule has 1 N–H and O–H groups in total. The molecule has 0 spiro atoms. The number of amides is 1. The Bertz CT molecular complexity index is 1310. The largest absolute Gasteiger partial charge is 0.503 e. The van der Waals surface area contributed by atoms with Crippen molar-refractivity contribution in [2.24, 2.45) is 0 Å². The van der Waals surface area contributed by atoms with Crippen LogP contribution in [0.5, 0.6) is 5.75 Å². The summed E-state index contributed by atoms with van der Waals surface area (Å²) < 4.78 is 5.16. The third-order valence-corrected chi connectivity index (χ3v) is 5.48. The molecule has 34 heavy (non-hydrogen) atoms. The Morgan fingerprint density at radius 2 is 1.68 bits per heavy atom. The van der Waals surface area contributed by atoms with Gasteiger partial charge in [-0.1, -0.05) is 48.5 Å². The molecule has 8 nitrogen and oxygen atoms in total. The minimum atomic E-state index is -1.20. The number of hydrogen-bond donors (Lipinski definition) is 1. The van der Waals surface area contributed by atoms with Crippen molar-refractivity contribution in [1.82, 2.24) is 0 Å². The molecule has 0 aromatic heterocycles. The number of anilines is 1. The van der Waals surface area contributed by atoms with E-state index in [1.807, 2.05) is 18.2 Å². The van der Waals surface area contributed by atoms with E-state index in [2.05, 4.69) is 0 Å². The van der Waals surface area contributed by atoms with Crippen LogP contribution in [0.1, 0.15) is 17.2 Å². The number of methoxy groups -OCH3 is 1. The molecule has 1 aliphatic heterocycles. The molecule has 1 aliphatic rings. The van der Waals surface area contributed by atoms with Crippen molar-refractivity contribution in [2.45, 2.75) is 6.04 Å². The van der Waals surface area contributed by atoms with Gasteiger partial charge in [-0.15, -0.1) is 0 Å². The quantitative estimate of drug-likeness (QED) is 0.311. The number of aliphatic hydroxyl groups is 1. The highest BCUT2D eigenvalue weighted by Gasteiger charge is 2.46.